The Kier molecular flexibility index (Phi) is 5.32. The monoisotopic (exact) mass is 322 g/mol. The predicted octanol–water partition coefficient (Wildman–Crippen LogP) is 4.21. The molecule has 2 N–H and O–H groups in total. The third-order valence-corrected chi connectivity index (χ3v) is 3.57. The Labute approximate surface area is 140 Å². The van der Waals surface area contributed by atoms with E-state index in [1.54, 1.807) is 36.4 Å². The molecule has 122 valence electrons. The van der Waals surface area contributed by atoms with Gasteiger partial charge in [0.2, 0.25) is 0 Å². The van der Waals surface area contributed by atoms with Gasteiger partial charge >= 0.3 is 11.9 Å². The highest BCUT2D eigenvalue weighted by molar-refractivity contribution is 5.92. The van der Waals surface area contributed by atoms with Crippen molar-refractivity contribution in [3.63, 3.8) is 0 Å². The third-order valence-electron chi connectivity index (χ3n) is 3.57. The molecule has 0 saturated carbocycles. The first kappa shape index (κ1) is 17.2. The molecule has 0 aromatic heterocycles. The van der Waals surface area contributed by atoms with E-state index in [-0.39, 0.29) is 11.1 Å². The van der Waals surface area contributed by atoms with Crippen LogP contribution in [0.4, 0.5) is 0 Å². The molecule has 2 aromatic carbocycles. The number of hydrogen-bond acceptors (Lipinski definition) is 2. The SMILES string of the molecule is C=CCc1cc(C(=O)O)cc(-c2cc(CC=C)cc(C(=O)O)c2)c1. The van der Waals surface area contributed by atoms with E-state index in [0.717, 1.165) is 11.1 Å². The van der Waals surface area contributed by atoms with E-state index in [2.05, 4.69) is 13.2 Å². The van der Waals surface area contributed by atoms with Crippen molar-refractivity contribution >= 4 is 11.9 Å². The van der Waals surface area contributed by atoms with Crippen molar-refractivity contribution in [1.29, 1.82) is 0 Å². The van der Waals surface area contributed by atoms with E-state index < -0.39 is 11.9 Å². The van der Waals surface area contributed by atoms with Gasteiger partial charge in [0.05, 0.1) is 11.1 Å². The van der Waals surface area contributed by atoms with Crippen LogP contribution in [0, 0.1) is 0 Å². The van der Waals surface area contributed by atoms with E-state index in [4.69, 9.17) is 0 Å². The quantitative estimate of drug-likeness (QED) is 0.749. The van der Waals surface area contributed by atoms with E-state index in [1.165, 1.54) is 0 Å². The third kappa shape index (κ3) is 3.98. The fraction of sp³-hybridized carbons (Fsp3) is 0.100. The number of allylic oxidation sites excluding steroid dienone is 2. The van der Waals surface area contributed by atoms with Crippen LogP contribution in [0.2, 0.25) is 0 Å². The Morgan fingerprint density at radius 2 is 1.12 bits per heavy atom. The topological polar surface area (TPSA) is 74.6 Å². The molecule has 0 fully saturated rings. The lowest BCUT2D eigenvalue weighted by Crippen LogP contribution is -2.01. The summed E-state index contributed by atoms with van der Waals surface area (Å²) in [5.41, 5.74) is 3.28. The normalized spacial score (nSPS) is 10.2. The number of benzene rings is 2. The average molecular weight is 322 g/mol. The summed E-state index contributed by atoms with van der Waals surface area (Å²) in [5, 5.41) is 18.6. The number of carboxylic acid groups (broad SMARTS) is 2. The summed E-state index contributed by atoms with van der Waals surface area (Å²) in [4.78, 5) is 22.7. The first-order valence-electron chi connectivity index (χ1n) is 7.41. The zero-order chi connectivity index (χ0) is 17.7. The minimum Gasteiger partial charge on any atom is -0.478 e. The van der Waals surface area contributed by atoms with Gasteiger partial charge in [-0.25, -0.2) is 9.59 Å². The van der Waals surface area contributed by atoms with Crippen LogP contribution in [-0.2, 0) is 12.8 Å². The second kappa shape index (κ2) is 7.42. The summed E-state index contributed by atoms with van der Waals surface area (Å²) in [7, 11) is 0. The summed E-state index contributed by atoms with van der Waals surface area (Å²) in [6, 6.07) is 10.00. The Hall–Kier alpha value is -3.14. The maximum absolute atomic E-state index is 11.4. The van der Waals surface area contributed by atoms with Crippen LogP contribution in [0.1, 0.15) is 31.8 Å². The summed E-state index contributed by atoms with van der Waals surface area (Å²) in [6.07, 6.45) is 4.46. The number of carboxylic acids is 2. The molecule has 0 radical (unpaired) electrons. The lowest BCUT2D eigenvalue weighted by Gasteiger charge is -2.10. The number of rotatable bonds is 7. The van der Waals surface area contributed by atoms with Crippen LogP contribution >= 0.6 is 0 Å². The average Bonchev–Trinajstić information content (AvgIpc) is 2.54. The van der Waals surface area contributed by atoms with E-state index >= 15 is 0 Å². The van der Waals surface area contributed by atoms with Gasteiger partial charge in [-0.15, -0.1) is 13.2 Å². The Morgan fingerprint density at radius 1 is 0.750 bits per heavy atom. The second-order valence-electron chi connectivity index (χ2n) is 5.43. The van der Waals surface area contributed by atoms with Crippen molar-refractivity contribution in [2.24, 2.45) is 0 Å². The van der Waals surface area contributed by atoms with Crippen molar-refractivity contribution in [1.82, 2.24) is 0 Å². The van der Waals surface area contributed by atoms with Crippen molar-refractivity contribution in [3.8, 4) is 11.1 Å². The predicted molar refractivity (Wildman–Crippen MR) is 93.6 cm³/mol. The highest BCUT2D eigenvalue weighted by Gasteiger charge is 2.12. The number of aromatic carboxylic acids is 2. The van der Waals surface area contributed by atoms with Gasteiger partial charge in [-0.1, -0.05) is 24.3 Å². The fourth-order valence-electron chi connectivity index (χ4n) is 2.53. The van der Waals surface area contributed by atoms with E-state index in [0.29, 0.717) is 24.0 Å². The Morgan fingerprint density at radius 3 is 1.42 bits per heavy atom. The lowest BCUT2D eigenvalue weighted by atomic mass is 9.95. The molecule has 0 saturated heterocycles. The zero-order valence-electron chi connectivity index (χ0n) is 13.2. The zero-order valence-corrected chi connectivity index (χ0v) is 13.2. The number of hydrogen-bond donors (Lipinski definition) is 2. The van der Waals surface area contributed by atoms with Gasteiger partial charge in [-0.3, -0.25) is 0 Å². The van der Waals surface area contributed by atoms with Gasteiger partial charge in [-0.05, 0) is 59.4 Å². The minimum absolute atomic E-state index is 0.162. The number of carbonyl (C=O) groups is 2. The second-order valence-corrected chi connectivity index (χ2v) is 5.43. The first-order valence-corrected chi connectivity index (χ1v) is 7.41. The van der Waals surface area contributed by atoms with Gasteiger partial charge in [0.25, 0.3) is 0 Å². The molecular formula is C20H18O4. The molecule has 0 bridgehead atoms. The van der Waals surface area contributed by atoms with Crippen LogP contribution in [-0.4, -0.2) is 22.2 Å². The van der Waals surface area contributed by atoms with Crippen LogP contribution in [0.15, 0.2) is 61.7 Å². The van der Waals surface area contributed by atoms with Crippen LogP contribution < -0.4 is 0 Å². The summed E-state index contributed by atoms with van der Waals surface area (Å²) >= 11 is 0. The molecule has 0 atom stereocenters. The highest BCUT2D eigenvalue weighted by Crippen LogP contribution is 2.26. The molecule has 4 heteroatoms. The first-order chi connectivity index (χ1) is 11.4. The fourth-order valence-corrected chi connectivity index (χ4v) is 2.53. The van der Waals surface area contributed by atoms with E-state index in [9.17, 15) is 19.8 Å². The smallest absolute Gasteiger partial charge is 0.335 e. The van der Waals surface area contributed by atoms with Crippen molar-refractivity contribution < 1.29 is 19.8 Å². The molecule has 0 amide bonds. The van der Waals surface area contributed by atoms with Gasteiger partial charge < -0.3 is 10.2 Å². The van der Waals surface area contributed by atoms with Crippen molar-refractivity contribution in [3.05, 3.63) is 84.0 Å². The molecule has 2 aromatic rings. The van der Waals surface area contributed by atoms with Crippen LogP contribution in [0.5, 0.6) is 0 Å². The van der Waals surface area contributed by atoms with Gasteiger partial charge in [0.1, 0.15) is 0 Å². The van der Waals surface area contributed by atoms with Gasteiger partial charge in [-0.2, -0.15) is 0 Å². The van der Waals surface area contributed by atoms with Crippen LogP contribution in [0.25, 0.3) is 11.1 Å². The molecule has 24 heavy (non-hydrogen) atoms. The summed E-state index contributed by atoms with van der Waals surface area (Å²) in [6.45, 7) is 7.34. The largest absolute Gasteiger partial charge is 0.478 e. The maximum Gasteiger partial charge on any atom is 0.335 e. The molecule has 0 aliphatic rings. The summed E-state index contributed by atoms with van der Waals surface area (Å²) in [5.74, 6) is -2.05. The van der Waals surface area contributed by atoms with Crippen molar-refractivity contribution in [2.75, 3.05) is 0 Å². The molecular weight excluding hydrogens is 304 g/mol. The molecule has 0 heterocycles. The maximum atomic E-state index is 11.4. The molecule has 0 spiro atoms. The molecule has 0 aliphatic carbocycles. The molecule has 0 unspecified atom stereocenters. The highest BCUT2D eigenvalue weighted by atomic mass is 16.4. The minimum atomic E-state index is -1.03. The molecule has 4 nitrogen and oxygen atoms in total. The Bertz CT molecular complexity index is 749. The molecule has 0 aliphatic heterocycles. The molecule has 2 rings (SSSR count). The van der Waals surface area contributed by atoms with E-state index in [1.807, 2.05) is 12.1 Å². The lowest BCUT2D eigenvalue weighted by molar-refractivity contribution is 0.0686. The Balaban J connectivity index is 2.64. The standard InChI is InChI=1S/C20H18O4/c1-3-5-13-7-15(11-17(9-13)19(21)22)16-8-14(6-4-2)10-18(12-16)20(23)24/h3-4,7-12H,1-2,5-6H2,(H,21,22)(H,23,24). The van der Waals surface area contributed by atoms with Crippen molar-refractivity contribution in [2.45, 2.75) is 12.8 Å². The summed E-state index contributed by atoms with van der Waals surface area (Å²) < 4.78 is 0. The van der Waals surface area contributed by atoms with Gasteiger partial charge in [0.15, 0.2) is 0 Å². The van der Waals surface area contributed by atoms with Crippen LogP contribution in [0.3, 0.4) is 0 Å². The van der Waals surface area contributed by atoms with Gasteiger partial charge in [0, 0.05) is 0 Å².